The van der Waals surface area contributed by atoms with Crippen molar-refractivity contribution in [3.63, 3.8) is 0 Å². The quantitative estimate of drug-likeness (QED) is 0.0353. The van der Waals surface area contributed by atoms with Crippen LogP contribution in [0.2, 0.25) is 0 Å². The molecule has 0 radical (unpaired) electrons. The Bertz CT molecular complexity index is 904. The molecule has 54 heavy (non-hydrogen) atoms. The molecule has 0 aromatic carbocycles. The summed E-state index contributed by atoms with van der Waals surface area (Å²) in [6.07, 6.45) is 54.4. The molecule has 0 spiro atoms. The Balaban J connectivity index is 4.06. The highest BCUT2D eigenvalue weighted by Crippen LogP contribution is 2.15. The van der Waals surface area contributed by atoms with Gasteiger partial charge in [-0.05, 0) is 51.4 Å². The van der Waals surface area contributed by atoms with Crippen molar-refractivity contribution in [3.05, 3.63) is 48.6 Å². The molecule has 0 aliphatic heterocycles. The number of hydrogen-bond acceptors (Lipinski definition) is 5. The summed E-state index contributed by atoms with van der Waals surface area (Å²) >= 11 is 0. The first kappa shape index (κ1) is 51.9. The van der Waals surface area contributed by atoms with Crippen molar-refractivity contribution >= 4 is 11.9 Å². The normalized spacial score (nSPS) is 12.6. The fourth-order valence-electron chi connectivity index (χ4n) is 6.46. The Hall–Kier alpha value is -2.14. The molecule has 0 N–H and O–H groups in total. The largest absolute Gasteiger partial charge is 0.462 e. The maximum Gasteiger partial charge on any atom is 0.306 e. The number of esters is 2. The topological polar surface area (TPSA) is 61.8 Å². The van der Waals surface area contributed by atoms with Gasteiger partial charge in [0.1, 0.15) is 6.61 Å². The molecule has 5 heteroatoms. The summed E-state index contributed by atoms with van der Waals surface area (Å²) in [6.45, 7) is 7.52. The second kappa shape index (κ2) is 45.3. The lowest BCUT2D eigenvalue weighted by Gasteiger charge is -2.18. The molecule has 314 valence electrons. The summed E-state index contributed by atoms with van der Waals surface area (Å²) in [5, 5.41) is 0. The van der Waals surface area contributed by atoms with Gasteiger partial charge in [0, 0.05) is 19.4 Å². The van der Waals surface area contributed by atoms with E-state index in [1.807, 2.05) is 0 Å². The number of hydrogen-bond donors (Lipinski definition) is 0. The van der Waals surface area contributed by atoms with Crippen LogP contribution < -0.4 is 0 Å². The van der Waals surface area contributed by atoms with E-state index in [0.717, 1.165) is 70.6 Å². The van der Waals surface area contributed by atoms with Crippen molar-refractivity contribution in [2.24, 2.45) is 0 Å². The van der Waals surface area contributed by atoms with Gasteiger partial charge in [-0.3, -0.25) is 9.59 Å². The highest BCUT2D eigenvalue weighted by Gasteiger charge is 2.17. The van der Waals surface area contributed by atoms with Crippen molar-refractivity contribution in [1.82, 2.24) is 0 Å². The number of rotatable bonds is 42. The predicted octanol–water partition coefficient (Wildman–Crippen LogP) is 15.2. The van der Waals surface area contributed by atoms with Crippen LogP contribution >= 0.6 is 0 Å². The molecule has 0 saturated heterocycles. The second-order valence-corrected chi connectivity index (χ2v) is 15.3. The van der Waals surface area contributed by atoms with E-state index in [9.17, 15) is 9.59 Å². The molecule has 0 heterocycles. The zero-order valence-electron chi connectivity index (χ0n) is 36.0. The summed E-state index contributed by atoms with van der Waals surface area (Å²) in [5.41, 5.74) is 0. The molecule has 0 aliphatic carbocycles. The highest BCUT2D eigenvalue weighted by atomic mass is 16.6. The molecular weight excluding hydrogens is 669 g/mol. The van der Waals surface area contributed by atoms with Crippen LogP contribution in [0.25, 0.3) is 0 Å². The Morgan fingerprint density at radius 2 is 0.815 bits per heavy atom. The summed E-state index contributed by atoms with van der Waals surface area (Å²) < 4.78 is 17.1. The second-order valence-electron chi connectivity index (χ2n) is 15.3. The van der Waals surface area contributed by atoms with E-state index in [-0.39, 0.29) is 25.2 Å². The third-order valence-electron chi connectivity index (χ3n) is 9.88. The van der Waals surface area contributed by atoms with Gasteiger partial charge >= 0.3 is 11.9 Å². The van der Waals surface area contributed by atoms with Crippen molar-refractivity contribution in [2.75, 3.05) is 19.8 Å². The molecule has 5 nitrogen and oxygen atoms in total. The van der Waals surface area contributed by atoms with Gasteiger partial charge in [0.05, 0.1) is 6.61 Å². The first-order valence-corrected chi connectivity index (χ1v) is 23.2. The minimum Gasteiger partial charge on any atom is -0.462 e. The van der Waals surface area contributed by atoms with Gasteiger partial charge in [-0.25, -0.2) is 0 Å². The first-order chi connectivity index (χ1) is 26.6. The van der Waals surface area contributed by atoms with Crippen LogP contribution in [-0.2, 0) is 23.8 Å². The number of allylic oxidation sites excluding steroid dienone is 8. The van der Waals surface area contributed by atoms with E-state index in [4.69, 9.17) is 14.2 Å². The van der Waals surface area contributed by atoms with Crippen LogP contribution in [0.5, 0.6) is 0 Å². The maximum atomic E-state index is 12.5. The van der Waals surface area contributed by atoms with E-state index in [0.29, 0.717) is 19.4 Å². The van der Waals surface area contributed by atoms with Crippen molar-refractivity contribution in [1.29, 1.82) is 0 Å². The first-order valence-electron chi connectivity index (χ1n) is 23.2. The smallest absolute Gasteiger partial charge is 0.306 e. The van der Waals surface area contributed by atoms with Crippen LogP contribution in [0.1, 0.15) is 226 Å². The van der Waals surface area contributed by atoms with E-state index < -0.39 is 6.10 Å². The fraction of sp³-hybridized carbons (Fsp3) is 0.796. The Kier molecular flexibility index (Phi) is 43.5. The van der Waals surface area contributed by atoms with Crippen molar-refractivity contribution in [2.45, 2.75) is 232 Å². The van der Waals surface area contributed by atoms with Crippen LogP contribution in [-0.4, -0.2) is 37.9 Å². The van der Waals surface area contributed by atoms with Gasteiger partial charge in [0.15, 0.2) is 6.10 Å². The molecule has 0 aromatic rings. The summed E-state index contributed by atoms with van der Waals surface area (Å²) in [6, 6.07) is 0. The zero-order chi connectivity index (χ0) is 39.3. The summed E-state index contributed by atoms with van der Waals surface area (Å²) in [5.74, 6) is -0.434. The van der Waals surface area contributed by atoms with Gasteiger partial charge in [0.25, 0.3) is 0 Å². The maximum absolute atomic E-state index is 12.5. The highest BCUT2D eigenvalue weighted by molar-refractivity contribution is 5.70. The molecular formula is C49H88O5. The Morgan fingerprint density at radius 3 is 1.26 bits per heavy atom. The summed E-state index contributed by atoms with van der Waals surface area (Å²) in [7, 11) is 0. The standard InChI is InChI=1S/C49H88O5/c1-4-7-10-13-15-17-19-21-23-24-25-26-27-28-30-32-34-37-39-42-48(50)53-46-47(54-49(51)43-40-36-12-9-6-3)45-52-44-41-38-35-33-31-29-22-20-18-16-14-11-8-5-2/h8,11,16,18,22,29,33,35,47H,4-7,9-10,12-15,17,19-21,23-28,30-32,34,36-46H2,1-3H3/b11-8-,18-16-,29-22-,35-33-. The number of ether oxygens (including phenoxy) is 3. The van der Waals surface area contributed by atoms with Crippen LogP contribution in [0, 0.1) is 0 Å². The van der Waals surface area contributed by atoms with E-state index >= 15 is 0 Å². The number of carbonyl (C=O) groups excluding carboxylic acids is 2. The zero-order valence-corrected chi connectivity index (χ0v) is 36.0. The monoisotopic (exact) mass is 757 g/mol. The van der Waals surface area contributed by atoms with Crippen LogP contribution in [0.3, 0.4) is 0 Å². The van der Waals surface area contributed by atoms with Gasteiger partial charge in [-0.15, -0.1) is 0 Å². The van der Waals surface area contributed by atoms with Crippen LogP contribution in [0.15, 0.2) is 48.6 Å². The fourth-order valence-corrected chi connectivity index (χ4v) is 6.46. The molecule has 0 aliphatic rings. The SMILES string of the molecule is CC/C=C\C/C=C\C/C=C\C/C=C\CCCOCC(COC(=O)CCCCCCCCCCCCCCCCCCCCC)OC(=O)CCCCCCC. The Morgan fingerprint density at radius 1 is 0.426 bits per heavy atom. The molecule has 0 rings (SSSR count). The average Bonchev–Trinajstić information content (AvgIpc) is 3.17. The van der Waals surface area contributed by atoms with Crippen molar-refractivity contribution < 1.29 is 23.8 Å². The molecule has 0 saturated carbocycles. The molecule has 0 amide bonds. The Labute approximate surface area is 335 Å². The lowest BCUT2D eigenvalue weighted by atomic mass is 10.0. The van der Waals surface area contributed by atoms with E-state index in [1.54, 1.807) is 0 Å². The third kappa shape index (κ3) is 42.6. The third-order valence-corrected chi connectivity index (χ3v) is 9.88. The molecule has 1 unspecified atom stereocenters. The number of unbranched alkanes of at least 4 members (excludes halogenated alkanes) is 23. The summed E-state index contributed by atoms with van der Waals surface area (Å²) in [4.78, 5) is 25.0. The lowest BCUT2D eigenvalue weighted by Crippen LogP contribution is -2.30. The van der Waals surface area contributed by atoms with Crippen molar-refractivity contribution in [3.8, 4) is 0 Å². The van der Waals surface area contributed by atoms with Gasteiger partial charge in [-0.2, -0.15) is 0 Å². The minimum atomic E-state index is -0.556. The minimum absolute atomic E-state index is 0.0659. The van der Waals surface area contributed by atoms with Crippen LogP contribution in [0.4, 0.5) is 0 Å². The van der Waals surface area contributed by atoms with E-state index in [1.165, 1.54) is 122 Å². The molecule has 0 fully saturated rings. The molecule has 0 bridgehead atoms. The van der Waals surface area contributed by atoms with Gasteiger partial charge in [0.2, 0.25) is 0 Å². The predicted molar refractivity (Wildman–Crippen MR) is 233 cm³/mol. The van der Waals surface area contributed by atoms with E-state index in [2.05, 4.69) is 69.4 Å². The van der Waals surface area contributed by atoms with Gasteiger partial charge in [-0.1, -0.05) is 211 Å². The number of carbonyl (C=O) groups is 2. The van der Waals surface area contributed by atoms with Gasteiger partial charge < -0.3 is 14.2 Å². The average molecular weight is 757 g/mol. The molecule has 0 aromatic heterocycles. The lowest BCUT2D eigenvalue weighted by molar-refractivity contribution is -0.163. The molecule has 1 atom stereocenters.